The van der Waals surface area contributed by atoms with Crippen molar-refractivity contribution < 1.29 is 14.3 Å². The van der Waals surface area contributed by atoms with Crippen molar-refractivity contribution in [3.8, 4) is 0 Å². The first kappa shape index (κ1) is 19.0. The molecule has 1 atom stereocenters. The van der Waals surface area contributed by atoms with E-state index in [-0.39, 0.29) is 17.1 Å². The van der Waals surface area contributed by atoms with Crippen molar-refractivity contribution in [1.29, 1.82) is 0 Å². The highest BCUT2D eigenvalue weighted by Gasteiger charge is 2.28. The molecule has 2 N–H and O–H groups in total. The number of carbonyl (C=O) groups is 2. The van der Waals surface area contributed by atoms with Crippen LogP contribution in [0.3, 0.4) is 0 Å². The Bertz CT molecular complexity index is 1010. The maximum Gasteiger partial charge on any atom is 0.341 e. The van der Waals surface area contributed by atoms with E-state index in [9.17, 15) is 9.59 Å². The summed E-state index contributed by atoms with van der Waals surface area (Å²) in [5.41, 5.74) is 3.38. The lowest BCUT2D eigenvalue weighted by Gasteiger charge is -2.12. The average Bonchev–Trinajstić information content (AvgIpc) is 3.27. The quantitative estimate of drug-likeness (QED) is 0.476. The molecule has 0 aliphatic heterocycles. The molecule has 1 amide bonds. The second-order valence-electron chi connectivity index (χ2n) is 6.72. The second-order valence-corrected chi connectivity index (χ2v) is 9.15. The Morgan fingerprint density at radius 3 is 2.86 bits per heavy atom. The number of aromatic nitrogens is 2. The van der Waals surface area contributed by atoms with Crippen molar-refractivity contribution in [2.45, 2.75) is 43.0 Å². The van der Waals surface area contributed by atoms with Crippen LogP contribution in [0.15, 0.2) is 29.4 Å². The van der Waals surface area contributed by atoms with Crippen LogP contribution in [0.4, 0.5) is 5.00 Å². The van der Waals surface area contributed by atoms with Crippen molar-refractivity contribution in [3.63, 3.8) is 0 Å². The molecular weight excluding hydrogens is 394 g/mol. The van der Waals surface area contributed by atoms with Crippen molar-refractivity contribution in [2.24, 2.45) is 0 Å². The predicted molar refractivity (Wildman–Crippen MR) is 112 cm³/mol. The van der Waals surface area contributed by atoms with Gasteiger partial charge in [-0.2, -0.15) is 0 Å². The van der Waals surface area contributed by atoms with Crippen LogP contribution >= 0.6 is 23.1 Å². The number of para-hydroxylation sites is 2. The number of imidazole rings is 1. The molecule has 6 nitrogen and oxygen atoms in total. The maximum atomic E-state index is 12.8. The fraction of sp³-hybridized carbons (Fsp3) is 0.350. The van der Waals surface area contributed by atoms with Crippen molar-refractivity contribution >= 4 is 51.0 Å². The van der Waals surface area contributed by atoms with Gasteiger partial charge in [0.05, 0.1) is 29.0 Å². The van der Waals surface area contributed by atoms with Gasteiger partial charge in [-0.05, 0) is 50.3 Å². The van der Waals surface area contributed by atoms with E-state index in [4.69, 9.17) is 4.74 Å². The number of benzene rings is 1. The van der Waals surface area contributed by atoms with Crippen molar-refractivity contribution in [1.82, 2.24) is 9.97 Å². The number of hydrogen-bond acceptors (Lipinski definition) is 6. The molecule has 3 aromatic rings. The van der Waals surface area contributed by atoms with Gasteiger partial charge in [0.2, 0.25) is 5.91 Å². The molecule has 8 heteroatoms. The molecule has 1 aromatic carbocycles. The lowest BCUT2D eigenvalue weighted by molar-refractivity contribution is -0.115. The van der Waals surface area contributed by atoms with E-state index in [0.717, 1.165) is 42.3 Å². The number of rotatable bonds is 5. The average molecular weight is 416 g/mol. The Morgan fingerprint density at radius 1 is 1.29 bits per heavy atom. The van der Waals surface area contributed by atoms with E-state index in [0.29, 0.717) is 15.7 Å². The number of carbonyl (C=O) groups excluding carboxylic acids is 2. The van der Waals surface area contributed by atoms with Crippen LogP contribution in [0.25, 0.3) is 11.0 Å². The molecular formula is C20H21N3O3S2. The number of amides is 1. The largest absolute Gasteiger partial charge is 0.465 e. The molecule has 28 heavy (non-hydrogen) atoms. The summed E-state index contributed by atoms with van der Waals surface area (Å²) < 4.78 is 4.97. The lowest BCUT2D eigenvalue weighted by atomic mass is 9.95. The molecule has 0 spiro atoms. The Hall–Kier alpha value is -2.32. The zero-order chi connectivity index (χ0) is 19.7. The van der Waals surface area contributed by atoms with E-state index >= 15 is 0 Å². The standard InChI is InChI=1S/C20H21N3O3S2/c1-11(27-20-21-13-8-4-5-9-14(13)22-20)17(24)23-18-16(19(25)26-2)12-7-3-6-10-15(12)28-18/h4-5,8-9,11H,3,6-7,10H2,1-2H3,(H,21,22)(H,23,24). The Morgan fingerprint density at radius 2 is 2.07 bits per heavy atom. The van der Waals surface area contributed by atoms with Crippen LogP contribution in [0, 0.1) is 0 Å². The Kier molecular flexibility index (Phi) is 5.41. The Labute approximate surface area is 171 Å². The third-order valence-electron chi connectivity index (χ3n) is 4.82. The number of methoxy groups -OCH3 is 1. The number of aryl methyl sites for hydroxylation is 1. The van der Waals surface area contributed by atoms with E-state index in [1.165, 1.54) is 35.1 Å². The van der Waals surface area contributed by atoms with Crippen LogP contribution in [0.1, 0.15) is 40.6 Å². The molecule has 1 aliphatic rings. The van der Waals surface area contributed by atoms with Gasteiger partial charge < -0.3 is 15.0 Å². The van der Waals surface area contributed by atoms with Gasteiger partial charge >= 0.3 is 5.97 Å². The summed E-state index contributed by atoms with van der Waals surface area (Å²) in [6.45, 7) is 1.83. The number of ether oxygens (including phenoxy) is 1. The Balaban J connectivity index is 1.52. The predicted octanol–water partition coefficient (Wildman–Crippen LogP) is 4.41. The molecule has 146 valence electrons. The number of aromatic amines is 1. The van der Waals surface area contributed by atoms with Gasteiger partial charge in [-0.25, -0.2) is 9.78 Å². The van der Waals surface area contributed by atoms with E-state index < -0.39 is 0 Å². The zero-order valence-corrected chi connectivity index (χ0v) is 17.3. The number of thioether (sulfide) groups is 1. The monoisotopic (exact) mass is 415 g/mol. The van der Waals surface area contributed by atoms with Gasteiger partial charge in [-0.3, -0.25) is 4.79 Å². The van der Waals surface area contributed by atoms with Crippen molar-refractivity contribution in [2.75, 3.05) is 12.4 Å². The van der Waals surface area contributed by atoms with Gasteiger partial charge in [0, 0.05) is 4.88 Å². The van der Waals surface area contributed by atoms with E-state index in [2.05, 4.69) is 15.3 Å². The maximum absolute atomic E-state index is 12.8. The summed E-state index contributed by atoms with van der Waals surface area (Å²) in [4.78, 5) is 34.0. The number of anilines is 1. The molecule has 2 heterocycles. The number of nitrogens with one attached hydrogen (secondary N) is 2. The van der Waals surface area contributed by atoms with Crippen LogP contribution in [0.5, 0.6) is 0 Å². The number of nitrogens with zero attached hydrogens (tertiary/aromatic N) is 1. The molecule has 0 saturated heterocycles. The van der Waals surface area contributed by atoms with Gasteiger partial charge in [0.15, 0.2) is 5.16 Å². The van der Waals surface area contributed by atoms with E-state index in [1.807, 2.05) is 31.2 Å². The first-order valence-electron chi connectivity index (χ1n) is 9.22. The fourth-order valence-corrected chi connectivity index (χ4v) is 5.49. The van der Waals surface area contributed by atoms with Crippen LogP contribution in [-0.4, -0.2) is 34.2 Å². The second kappa shape index (κ2) is 7.97. The summed E-state index contributed by atoms with van der Waals surface area (Å²) >= 11 is 2.86. The third-order valence-corrected chi connectivity index (χ3v) is 7.01. The topological polar surface area (TPSA) is 84.1 Å². The van der Waals surface area contributed by atoms with E-state index in [1.54, 1.807) is 0 Å². The third kappa shape index (κ3) is 3.66. The first-order valence-corrected chi connectivity index (χ1v) is 10.9. The summed E-state index contributed by atoms with van der Waals surface area (Å²) in [7, 11) is 1.38. The van der Waals surface area contributed by atoms with Crippen molar-refractivity contribution in [3.05, 3.63) is 40.3 Å². The summed E-state index contributed by atoms with van der Waals surface area (Å²) in [6.07, 6.45) is 3.97. The minimum Gasteiger partial charge on any atom is -0.465 e. The van der Waals surface area contributed by atoms with Gasteiger partial charge in [-0.1, -0.05) is 23.9 Å². The van der Waals surface area contributed by atoms with Gasteiger partial charge in [0.25, 0.3) is 0 Å². The number of esters is 1. The van der Waals surface area contributed by atoms with Gasteiger partial charge in [-0.15, -0.1) is 11.3 Å². The summed E-state index contributed by atoms with van der Waals surface area (Å²) in [5, 5.41) is 3.88. The lowest BCUT2D eigenvalue weighted by Crippen LogP contribution is -2.23. The van der Waals surface area contributed by atoms with Crippen LogP contribution in [-0.2, 0) is 22.4 Å². The molecule has 0 bridgehead atoms. The molecule has 0 fully saturated rings. The fourth-order valence-electron chi connectivity index (χ4n) is 3.39. The normalized spacial score (nSPS) is 14.5. The number of H-pyrrole nitrogens is 1. The van der Waals surface area contributed by atoms with Crippen LogP contribution < -0.4 is 5.32 Å². The van der Waals surface area contributed by atoms with Crippen LogP contribution in [0.2, 0.25) is 0 Å². The SMILES string of the molecule is COC(=O)c1c(NC(=O)C(C)Sc2nc3ccccc3[nH]2)sc2c1CCCC2. The highest BCUT2D eigenvalue weighted by molar-refractivity contribution is 8.00. The first-order chi connectivity index (χ1) is 13.6. The number of hydrogen-bond donors (Lipinski definition) is 2. The minimum absolute atomic E-state index is 0.158. The molecule has 0 saturated carbocycles. The smallest absolute Gasteiger partial charge is 0.341 e. The molecule has 0 radical (unpaired) electrons. The highest BCUT2D eigenvalue weighted by Crippen LogP contribution is 2.39. The molecule has 4 rings (SSSR count). The molecule has 2 aromatic heterocycles. The summed E-state index contributed by atoms with van der Waals surface area (Å²) in [6, 6.07) is 7.76. The molecule has 1 aliphatic carbocycles. The molecule has 1 unspecified atom stereocenters. The highest BCUT2D eigenvalue weighted by atomic mass is 32.2. The number of thiophene rings is 1. The zero-order valence-electron chi connectivity index (χ0n) is 15.7. The minimum atomic E-state index is -0.382. The number of fused-ring (bicyclic) bond motifs is 2. The summed E-state index contributed by atoms with van der Waals surface area (Å²) in [5.74, 6) is -0.540. The van der Waals surface area contributed by atoms with Gasteiger partial charge in [0.1, 0.15) is 5.00 Å².